The third-order valence-corrected chi connectivity index (χ3v) is 3.62. The van der Waals surface area contributed by atoms with Crippen molar-refractivity contribution in [2.24, 2.45) is 5.73 Å². The second-order valence-electron chi connectivity index (χ2n) is 2.06. The van der Waals surface area contributed by atoms with Crippen LogP contribution in [0.3, 0.4) is 0 Å². The topological polar surface area (TPSA) is 77.2 Å². The zero-order valence-electron chi connectivity index (χ0n) is 5.92. The Balaban J connectivity index is 3.84. The van der Waals surface area contributed by atoms with Crippen molar-refractivity contribution in [2.75, 3.05) is 16.8 Å². The monoisotopic (exact) mass is 243 g/mol. The highest BCUT2D eigenvalue weighted by atomic mass is 79.9. The summed E-state index contributed by atoms with van der Waals surface area (Å²) in [6, 6.07) is 0. The van der Waals surface area contributed by atoms with Gasteiger partial charge in [0.15, 0.2) is 9.84 Å². The normalized spacial score (nSPS) is 11.4. The number of carbonyl (C=O) groups is 1. The van der Waals surface area contributed by atoms with Gasteiger partial charge in [-0.05, 0) is 0 Å². The summed E-state index contributed by atoms with van der Waals surface area (Å²) >= 11 is 3.00. The zero-order chi connectivity index (χ0) is 8.91. The average molecular weight is 244 g/mol. The van der Waals surface area contributed by atoms with Crippen LogP contribution in [0.1, 0.15) is 6.42 Å². The van der Waals surface area contributed by atoms with Gasteiger partial charge in [-0.2, -0.15) is 0 Å². The molecule has 0 saturated heterocycles. The Hall–Kier alpha value is -0.100. The van der Waals surface area contributed by atoms with Gasteiger partial charge in [-0.25, -0.2) is 8.42 Å². The first-order valence-corrected chi connectivity index (χ1v) is 5.97. The van der Waals surface area contributed by atoms with Crippen molar-refractivity contribution in [3.63, 3.8) is 0 Å². The third kappa shape index (κ3) is 6.30. The highest BCUT2D eigenvalue weighted by Gasteiger charge is 2.10. The molecule has 0 atom stereocenters. The van der Waals surface area contributed by atoms with E-state index in [1.165, 1.54) is 0 Å². The molecule has 4 nitrogen and oxygen atoms in total. The summed E-state index contributed by atoms with van der Waals surface area (Å²) < 4.78 is 21.8. The van der Waals surface area contributed by atoms with Crippen LogP contribution in [-0.4, -0.2) is 31.2 Å². The van der Waals surface area contributed by atoms with Gasteiger partial charge in [-0.3, -0.25) is 4.79 Å². The molecule has 0 aromatic carbocycles. The van der Waals surface area contributed by atoms with Gasteiger partial charge >= 0.3 is 0 Å². The van der Waals surface area contributed by atoms with Crippen LogP contribution < -0.4 is 5.73 Å². The molecule has 11 heavy (non-hydrogen) atoms. The molecule has 0 aliphatic heterocycles. The van der Waals surface area contributed by atoms with Gasteiger partial charge < -0.3 is 5.73 Å². The fraction of sp³-hybridized carbons (Fsp3) is 0.800. The number of rotatable bonds is 5. The lowest BCUT2D eigenvalue weighted by Gasteiger charge is -1.98. The van der Waals surface area contributed by atoms with Gasteiger partial charge in [0.05, 0.1) is 11.5 Å². The van der Waals surface area contributed by atoms with Crippen LogP contribution in [0.15, 0.2) is 0 Å². The van der Waals surface area contributed by atoms with Gasteiger partial charge in [-0.15, -0.1) is 0 Å². The van der Waals surface area contributed by atoms with Gasteiger partial charge in [0, 0.05) is 11.8 Å². The van der Waals surface area contributed by atoms with Crippen LogP contribution in [0.25, 0.3) is 0 Å². The van der Waals surface area contributed by atoms with E-state index in [0.717, 1.165) is 0 Å². The number of hydrogen-bond acceptors (Lipinski definition) is 3. The lowest BCUT2D eigenvalue weighted by atomic mass is 10.5. The van der Waals surface area contributed by atoms with Crippen LogP contribution in [0.5, 0.6) is 0 Å². The first-order valence-electron chi connectivity index (χ1n) is 3.02. The molecule has 0 rings (SSSR count). The lowest BCUT2D eigenvalue weighted by Crippen LogP contribution is -2.19. The quantitative estimate of drug-likeness (QED) is 0.673. The summed E-state index contributed by atoms with van der Waals surface area (Å²) in [5.41, 5.74) is 4.78. The Bertz CT molecular complexity index is 224. The molecule has 1 amide bonds. The van der Waals surface area contributed by atoms with E-state index in [9.17, 15) is 13.2 Å². The standard InChI is InChI=1S/C5H10BrNO3S/c6-2-4-11(9,10)3-1-5(7)8/h1-4H2,(H2,7,8). The highest BCUT2D eigenvalue weighted by Crippen LogP contribution is 1.95. The molecule has 6 heteroatoms. The molecule has 0 heterocycles. The predicted octanol–water partition coefficient (Wildman–Crippen LogP) is -0.329. The lowest BCUT2D eigenvalue weighted by molar-refractivity contribution is -0.117. The fourth-order valence-corrected chi connectivity index (χ4v) is 2.91. The maximum absolute atomic E-state index is 10.9. The molecule has 0 radical (unpaired) electrons. The predicted molar refractivity (Wildman–Crippen MR) is 46.3 cm³/mol. The summed E-state index contributed by atoms with van der Waals surface area (Å²) in [5.74, 6) is -0.669. The van der Waals surface area contributed by atoms with Crippen LogP contribution in [0, 0.1) is 0 Å². The third-order valence-electron chi connectivity index (χ3n) is 1.05. The molecule has 0 spiro atoms. The highest BCUT2D eigenvalue weighted by molar-refractivity contribution is 9.09. The maximum atomic E-state index is 10.9. The molecule has 0 aromatic heterocycles. The molecule has 0 bridgehead atoms. The SMILES string of the molecule is NC(=O)CCS(=O)(=O)CCBr. The molecule has 2 N–H and O–H groups in total. The largest absolute Gasteiger partial charge is 0.370 e. The Morgan fingerprint density at radius 1 is 1.36 bits per heavy atom. The van der Waals surface area contributed by atoms with E-state index in [2.05, 4.69) is 15.9 Å². The second kappa shape index (κ2) is 4.71. The number of nitrogens with two attached hydrogens (primary N) is 1. The molecular weight excluding hydrogens is 234 g/mol. The molecule has 0 aliphatic carbocycles. The Labute approximate surface area is 74.2 Å². The molecule has 0 unspecified atom stereocenters. The van der Waals surface area contributed by atoms with Crippen LogP contribution in [0.4, 0.5) is 0 Å². The zero-order valence-corrected chi connectivity index (χ0v) is 8.32. The summed E-state index contributed by atoms with van der Waals surface area (Å²) in [7, 11) is -3.07. The van der Waals surface area contributed by atoms with E-state index >= 15 is 0 Å². The van der Waals surface area contributed by atoms with Crippen molar-refractivity contribution in [3.8, 4) is 0 Å². The van der Waals surface area contributed by atoms with E-state index in [0.29, 0.717) is 5.33 Å². The minimum Gasteiger partial charge on any atom is -0.370 e. The number of sulfone groups is 1. The molecule has 66 valence electrons. The molecule has 0 aromatic rings. The molecule has 0 saturated carbocycles. The van der Waals surface area contributed by atoms with Crippen LogP contribution in [-0.2, 0) is 14.6 Å². The number of hydrogen-bond donors (Lipinski definition) is 1. The van der Waals surface area contributed by atoms with E-state index in [1.807, 2.05) is 0 Å². The van der Waals surface area contributed by atoms with Crippen molar-refractivity contribution in [2.45, 2.75) is 6.42 Å². The number of carbonyl (C=O) groups excluding carboxylic acids is 1. The average Bonchev–Trinajstić information content (AvgIpc) is 1.84. The minimum atomic E-state index is -3.07. The van der Waals surface area contributed by atoms with E-state index in [1.54, 1.807) is 0 Å². The van der Waals surface area contributed by atoms with Crippen molar-refractivity contribution < 1.29 is 13.2 Å². The fourth-order valence-electron chi connectivity index (χ4n) is 0.476. The first-order chi connectivity index (χ1) is 4.98. The van der Waals surface area contributed by atoms with Gasteiger partial charge in [0.1, 0.15) is 0 Å². The van der Waals surface area contributed by atoms with Crippen molar-refractivity contribution in [1.82, 2.24) is 0 Å². The summed E-state index contributed by atoms with van der Waals surface area (Å²) in [6.07, 6.45) is -0.0880. The number of amides is 1. The number of alkyl halides is 1. The van der Waals surface area contributed by atoms with Crippen molar-refractivity contribution in [3.05, 3.63) is 0 Å². The Morgan fingerprint density at radius 2 is 1.91 bits per heavy atom. The van der Waals surface area contributed by atoms with Gasteiger partial charge in [0.25, 0.3) is 0 Å². The number of halogens is 1. The van der Waals surface area contributed by atoms with Crippen molar-refractivity contribution in [1.29, 1.82) is 0 Å². The Morgan fingerprint density at radius 3 is 2.27 bits per heavy atom. The van der Waals surface area contributed by atoms with Crippen LogP contribution >= 0.6 is 15.9 Å². The maximum Gasteiger partial charge on any atom is 0.218 e. The van der Waals surface area contributed by atoms with E-state index < -0.39 is 15.7 Å². The summed E-state index contributed by atoms with van der Waals surface area (Å²) in [5, 5.41) is 0.397. The molecule has 0 aliphatic rings. The Kier molecular flexibility index (Phi) is 4.67. The van der Waals surface area contributed by atoms with Gasteiger partial charge in [0.2, 0.25) is 5.91 Å². The van der Waals surface area contributed by atoms with Crippen molar-refractivity contribution >= 4 is 31.7 Å². The molecule has 0 fully saturated rings. The first kappa shape index (κ1) is 10.9. The van der Waals surface area contributed by atoms with E-state index in [-0.39, 0.29) is 17.9 Å². The second-order valence-corrected chi connectivity index (χ2v) is 5.15. The minimum absolute atomic E-state index is 0.0558. The van der Waals surface area contributed by atoms with E-state index in [4.69, 9.17) is 5.73 Å². The molecular formula is C5H10BrNO3S. The summed E-state index contributed by atoms with van der Waals surface area (Å²) in [4.78, 5) is 10.2. The van der Waals surface area contributed by atoms with Crippen LogP contribution in [0.2, 0.25) is 0 Å². The van der Waals surface area contributed by atoms with Gasteiger partial charge in [-0.1, -0.05) is 15.9 Å². The number of primary amides is 1. The smallest absolute Gasteiger partial charge is 0.218 e. The summed E-state index contributed by atoms with van der Waals surface area (Å²) in [6.45, 7) is 0.